The first-order valence-electron chi connectivity index (χ1n) is 8.49. The Labute approximate surface area is 184 Å². The number of ether oxygens (including phenoxy) is 1. The van der Waals surface area contributed by atoms with Gasteiger partial charge in [-0.1, -0.05) is 11.6 Å². The third kappa shape index (κ3) is 4.36. The van der Waals surface area contributed by atoms with E-state index in [4.69, 9.17) is 16.3 Å². The average Bonchev–Trinajstić information content (AvgIpc) is 3.36. The third-order valence-electron chi connectivity index (χ3n) is 4.12. The van der Waals surface area contributed by atoms with E-state index < -0.39 is 26.6 Å². The number of anilines is 1. The second-order valence-corrected chi connectivity index (χ2v) is 8.99. The normalized spacial score (nSPS) is 11.5. The van der Waals surface area contributed by atoms with Crippen LogP contribution in [0.1, 0.15) is 0 Å². The van der Waals surface area contributed by atoms with E-state index in [2.05, 4.69) is 19.2 Å². The predicted octanol–water partition coefficient (Wildman–Crippen LogP) is 4.46. The molecular weight excluding hydrogens is 472 g/mol. The molecule has 2 aromatic heterocycles. The maximum absolute atomic E-state index is 14.7. The van der Waals surface area contributed by atoms with E-state index in [-0.39, 0.29) is 21.7 Å². The molecule has 160 valence electrons. The van der Waals surface area contributed by atoms with E-state index in [0.29, 0.717) is 11.3 Å². The molecule has 0 saturated carbocycles. The second-order valence-electron chi connectivity index (χ2n) is 6.15. The average molecular weight is 484 g/mol. The molecule has 2 aromatic carbocycles. The lowest BCUT2D eigenvalue weighted by atomic mass is 10.1. The summed E-state index contributed by atoms with van der Waals surface area (Å²) < 4.78 is 66.5. The van der Waals surface area contributed by atoms with Crippen molar-refractivity contribution >= 4 is 38.3 Å². The van der Waals surface area contributed by atoms with Crippen LogP contribution in [0.3, 0.4) is 0 Å². The summed E-state index contributed by atoms with van der Waals surface area (Å²) in [7, 11) is -2.63. The van der Waals surface area contributed by atoms with Crippen molar-refractivity contribution in [2.75, 3.05) is 4.72 Å². The van der Waals surface area contributed by atoms with Crippen molar-refractivity contribution in [3.8, 4) is 22.8 Å². The molecule has 4 rings (SSSR count). The Balaban J connectivity index is 1.70. The fourth-order valence-electron chi connectivity index (χ4n) is 2.73. The van der Waals surface area contributed by atoms with Crippen molar-refractivity contribution in [1.29, 1.82) is 0 Å². The van der Waals surface area contributed by atoms with Gasteiger partial charge in [0.25, 0.3) is 10.0 Å². The Morgan fingerprint density at radius 2 is 1.97 bits per heavy atom. The van der Waals surface area contributed by atoms with E-state index in [1.54, 1.807) is 13.1 Å². The highest BCUT2D eigenvalue weighted by Crippen LogP contribution is 2.38. The number of nitrogens with one attached hydrogen (secondary N) is 1. The molecule has 1 N–H and O–H groups in total. The molecule has 8 nitrogen and oxygen atoms in total. The van der Waals surface area contributed by atoms with Gasteiger partial charge < -0.3 is 4.74 Å². The molecule has 0 fully saturated rings. The van der Waals surface area contributed by atoms with Crippen LogP contribution in [0.25, 0.3) is 11.3 Å². The maximum atomic E-state index is 14.7. The highest BCUT2D eigenvalue weighted by Gasteiger charge is 2.24. The molecule has 0 saturated heterocycles. The van der Waals surface area contributed by atoms with Crippen LogP contribution in [-0.4, -0.2) is 27.6 Å². The zero-order valence-corrected chi connectivity index (χ0v) is 18.0. The summed E-state index contributed by atoms with van der Waals surface area (Å²) in [4.78, 5) is 3.01. The molecule has 4 aromatic rings. The van der Waals surface area contributed by atoms with Crippen LogP contribution in [0.4, 0.5) is 13.9 Å². The maximum Gasteiger partial charge on any atom is 0.266 e. The van der Waals surface area contributed by atoms with Crippen LogP contribution < -0.4 is 9.46 Å². The molecule has 0 atom stereocenters. The minimum atomic E-state index is -4.30. The van der Waals surface area contributed by atoms with E-state index in [0.717, 1.165) is 30.0 Å². The summed E-state index contributed by atoms with van der Waals surface area (Å²) in [6.45, 7) is 0. The van der Waals surface area contributed by atoms with Gasteiger partial charge in [-0.2, -0.15) is 9.47 Å². The zero-order valence-electron chi connectivity index (χ0n) is 15.6. The van der Waals surface area contributed by atoms with Crippen LogP contribution in [-0.2, 0) is 17.1 Å². The number of aryl methyl sites for hydroxylation is 1. The Hall–Kier alpha value is -3.09. The Bertz CT molecular complexity index is 1360. The molecular formula is C18H12ClF2N5O3S2. The first-order valence-corrected chi connectivity index (χ1v) is 11.1. The number of sulfonamides is 1. The zero-order chi connectivity index (χ0) is 22.2. The van der Waals surface area contributed by atoms with Gasteiger partial charge in [0.05, 0.1) is 10.7 Å². The topological polar surface area (TPSA) is 99.0 Å². The molecule has 13 heteroatoms. The van der Waals surface area contributed by atoms with E-state index in [1.807, 2.05) is 0 Å². The van der Waals surface area contributed by atoms with Crippen molar-refractivity contribution in [3.63, 3.8) is 0 Å². The Morgan fingerprint density at radius 1 is 1.16 bits per heavy atom. The molecule has 0 unspecified atom stereocenters. The van der Waals surface area contributed by atoms with Crippen molar-refractivity contribution in [2.24, 2.45) is 7.05 Å². The van der Waals surface area contributed by atoms with Gasteiger partial charge >= 0.3 is 0 Å². The fourth-order valence-corrected chi connectivity index (χ4v) is 4.75. The largest absolute Gasteiger partial charge is 0.455 e. The predicted molar refractivity (Wildman–Crippen MR) is 111 cm³/mol. The minimum Gasteiger partial charge on any atom is -0.455 e. The number of halogens is 3. The monoisotopic (exact) mass is 483 g/mol. The van der Waals surface area contributed by atoms with E-state index >= 15 is 0 Å². The van der Waals surface area contributed by atoms with Crippen LogP contribution in [0.15, 0.2) is 53.8 Å². The summed E-state index contributed by atoms with van der Waals surface area (Å²) in [5.74, 6) is -1.58. The van der Waals surface area contributed by atoms with Gasteiger partial charge in [-0.3, -0.25) is 9.40 Å². The summed E-state index contributed by atoms with van der Waals surface area (Å²) in [5, 5.41) is 3.85. The van der Waals surface area contributed by atoms with Gasteiger partial charge in [-0.25, -0.2) is 22.2 Å². The summed E-state index contributed by atoms with van der Waals surface area (Å²) in [6.07, 6.45) is 2.69. The van der Waals surface area contributed by atoms with Gasteiger partial charge in [0.2, 0.25) is 5.13 Å². The van der Waals surface area contributed by atoms with Crippen LogP contribution in [0.5, 0.6) is 11.5 Å². The van der Waals surface area contributed by atoms with Gasteiger partial charge in [0, 0.05) is 36.4 Å². The summed E-state index contributed by atoms with van der Waals surface area (Å²) >= 11 is 6.97. The van der Waals surface area contributed by atoms with Gasteiger partial charge in [0.15, 0.2) is 0 Å². The van der Waals surface area contributed by atoms with Gasteiger partial charge in [-0.15, -0.1) is 0 Å². The van der Waals surface area contributed by atoms with Crippen molar-refractivity contribution in [3.05, 3.63) is 65.6 Å². The lowest BCUT2D eigenvalue weighted by Gasteiger charge is -2.14. The molecule has 0 amide bonds. The smallest absolute Gasteiger partial charge is 0.266 e. The molecule has 0 bridgehead atoms. The molecule has 0 radical (unpaired) electrons. The van der Waals surface area contributed by atoms with Crippen LogP contribution in [0.2, 0.25) is 5.02 Å². The molecule has 2 heterocycles. The van der Waals surface area contributed by atoms with Gasteiger partial charge in [0.1, 0.15) is 34.4 Å². The highest BCUT2D eigenvalue weighted by molar-refractivity contribution is 7.93. The number of nitrogens with zero attached hydrogens (tertiary/aromatic N) is 4. The first-order chi connectivity index (χ1) is 14.7. The number of aromatic nitrogens is 4. The SMILES string of the molecule is Cn1nccc1-c1cc(F)ccc1Oc1cc(F)c(S(=O)(=O)Nc2ncns2)cc1Cl. The van der Waals surface area contributed by atoms with Crippen molar-refractivity contribution in [2.45, 2.75) is 4.90 Å². The standard InChI is InChI=1S/C18H12ClF2N5O3S2/c1-26-14(4-5-23-26)11-6-10(20)2-3-15(11)29-16-8-13(21)17(7-12(16)19)31(27,28)25-18-22-9-24-30-18/h2-9H,1H3,(H,22,24,25). The number of rotatable bonds is 6. The van der Waals surface area contributed by atoms with E-state index in [1.165, 1.54) is 29.1 Å². The molecule has 31 heavy (non-hydrogen) atoms. The molecule has 0 spiro atoms. The summed E-state index contributed by atoms with van der Waals surface area (Å²) in [6, 6.07) is 7.17. The Kier molecular flexibility index (Phi) is 5.60. The number of hydrogen-bond donors (Lipinski definition) is 1. The fraction of sp³-hybridized carbons (Fsp3) is 0.0556. The lowest BCUT2D eigenvalue weighted by molar-refractivity contribution is 0.473. The van der Waals surface area contributed by atoms with E-state index in [9.17, 15) is 17.2 Å². The number of hydrogen-bond acceptors (Lipinski definition) is 7. The summed E-state index contributed by atoms with van der Waals surface area (Å²) in [5.41, 5.74) is 0.901. The molecule has 0 aliphatic heterocycles. The number of benzene rings is 2. The highest BCUT2D eigenvalue weighted by atomic mass is 35.5. The first kappa shape index (κ1) is 21.2. The quantitative estimate of drug-likeness (QED) is 0.434. The van der Waals surface area contributed by atoms with Crippen molar-refractivity contribution in [1.82, 2.24) is 19.1 Å². The Morgan fingerprint density at radius 3 is 2.65 bits per heavy atom. The molecule has 0 aliphatic carbocycles. The lowest BCUT2D eigenvalue weighted by Crippen LogP contribution is -2.14. The minimum absolute atomic E-state index is 0.0250. The van der Waals surface area contributed by atoms with Crippen molar-refractivity contribution < 1.29 is 21.9 Å². The van der Waals surface area contributed by atoms with Gasteiger partial charge in [-0.05, 0) is 30.3 Å². The second kappa shape index (κ2) is 8.21. The molecule has 0 aliphatic rings. The van der Waals surface area contributed by atoms with Crippen LogP contribution in [0, 0.1) is 11.6 Å². The van der Waals surface area contributed by atoms with Crippen LogP contribution >= 0.6 is 23.1 Å². The third-order valence-corrected chi connectivity index (χ3v) is 6.48.